The third kappa shape index (κ3) is 4.58. The molecule has 11 heteroatoms. The van der Waals surface area contributed by atoms with E-state index in [-0.39, 0.29) is 23.1 Å². The Morgan fingerprint density at radius 1 is 0.917 bits per heavy atom. The summed E-state index contributed by atoms with van der Waals surface area (Å²) in [6.07, 6.45) is 1.22. The Balaban J connectivity index is 1.32. The summed E-state index contributed by atoms with van der Waals surface area (Å²) in [5.74, 6) is -0.703. The highest BCUT2D eigenvalue weighted by Crippen LogP contribution is 2.32. The topological polar surface area (TPSA) is 117 Å². The SMILES string of the molecule is O=C(NNc1ncnc(N2CCN(c3ccc(F)cc3)CC2)c1[N+](=O)[O-])c1cccc2ccccc12. The van der Waals surface area contributed by atoms with Crippen molar-refractivity contribution in [2.45, 2.75) is 0 Å². The summed E-state index contributed by atoms with van der Waals surface area (Å²) in [4.78, 5) is 36.4. The van der Waals surface area contributed by atoms with Gasteiger partial charge in [0.05, 0.1) is 4.92 Å². The summed E-state index contributed by atoms with van der Waals surface area (Å²) in [5, 5.41) is 13.7. The number of anilines is 3. The number of nitro groups is 1. The number of hydrogen-bond acceptors (Lipinski definition) is 8. The van der Waals surface area contributed by atoms with E-state index in [0.29, 0.717) is 31.7 Å². The van der Waals surface area contributed by atoms with Gasteiger partial charge in [0.25, 0.3) is 5.91 Å². The Morgan fingerprint density at radius 3 is 2.36 bits per heavy atom. The van der Waals surface area contributed by atoms with Crippen LogP contribution in [0.3, 0.4) is 0 Å². The van der Waals surface area contributed by atoms with Gasteiger partial charge in [0.2, 0.25) is 11.6 Å². The lowest BCUT2D eigenvalue weighted by Crippen LogP contribution is -2.47. The maximum atomic E-state index is 13.2. The summed E-state index contributed by atoms with van der Waals surface area (Å²) in [6, 6.07) is 19.0. The number of hydrazine groups is 1. The van der Waals surface area contributed by atoms with Crippen molar-refractivity contribution in [1.82, 2.24) is 15.4 Å². The van der Waals surface area contributed by atoms with Gasteiger partial charge in [0, 0.05) is 37.4 Å². The van der Waals surface area contributed by atoms with Crippen molar-refractivity contribution in [3.63, 3.8) is 0 Å². The summed E-state index contributed by atoms with van der Waals surface area (Å²) >= 11 is 0. The standard InChI is InChI=1S/C25H22FN7O3/c26-18-8-10-19(11-9-18)31-12-14-32(15-13-31)24-22(33(35)36)23(27-16-28-24)29-30-25(34)21-7-3-5-17-4-1-2-6-20(17)21/h1-11,16H,12-15H2,(H,30,34)(H,27,28,29). The second-order valence-corrected chi connectivity index (χ2v) is 8.21. The maximum absolute atomic E-state index is 13.2. The van der Waals surface area contributed by atoms with Crippen LogP contribution in [-0.4, -0.2) is 47.0 Å². The summed E-state index contributed by atoms with van der Waals surface area (Å²) in [6.45, 7) is 2.09. The first-order chi connectivity index (χ1) is 17.5. The van der Waals surface area contributed by atoms with E-state index in [0.717, 1.165) is 16.5 Å². The fourth-order valence-corrected chi connectivity index (χ4v) is 4.30. The molecular weight excluding hydrogens is 465 g/mol. The van der Waals surface area contributed by atoms with E-state index in [1.54, 1.807) is 29.2 Å². The predicted octanol–water partition coefficient (Wildman–Crippen LogP) is 3.76. The molecule has 2 heterocycles. The molecule has 3 aromatic carbocycles. The van der Waals surface area contributed by atoms with Gasteiger partial charge in [-0.05, 0) is 41.1 Å². The van der Waals surface area contributed by atoms with Gasteiger partial charge in [-0.25, -0.2) is 14.4 Å². The van der Waals surface area contributed by atoms with Gasteiger partial charge < -0.3 is 9.80 Å². The molecule has 5 rings (SSSR count). The monoisotopic (exact) mass is 487 g/mol. The lowest BCUT2D eigenvalue weighted by Gasteiger charge is -2.36. The molecule has 182 valence electrons. The van der Waals surface area contributed by atoms with Crippen molar-refractivity contribution < 1.29 is 14.1 Å². The molecule has 0 aliphatic carbocycles. The Labute approximate surface area is 205 Å². The lowest BCUT2D eigenvalue weighted by molar-refractivity contribution is -0.383. The van der Waals surface area contributed by atoms with Gasteiger partial charge in [0.1, 0.15) is 12.1 Å². The normalized spacial score (nSPS) is 13.5. The van der Waals surface area contributed by atoms with Crippen LogP contribution in [0.4, 0.5) is 27.4 Å². The number of nitrogens with one attached hydrogen (secondary N) is 2. The van der Waals surface area contributed by atoms with E-state index in [2.05, 4.69) is 25.7 Å². The van der Waals surface area contributed by atoms with E-state index >= 15 is 0 Å². The van der Waals surface area contributed by atoms with Gasteiger partial charge in [0.15, 0.2) is 0 Å². The van der Waals surface area contributed by atoms with Crippen LogP contribution < -0.4 is 20.7 Å². The maximum Gasteiger partial charge on any atom is 0.355 e. The molecule has 10 nitrogen and oxygen atoms in total. The Kier molecular flexibility index (Phi) is 6.27. The molecule has 4 aromatic rings. The van der Waals surface area contributed by atoms with E-state index in [4.69, 9.17) is 0 Å². The molecule has 0 radical (unpaired) electrons. The van der Waals surface area contributed by atoms with Crippen LogP contribution in [0.15, 0.2) is 73.1 Å². The largest absolute Gasteiger partial charge is 0.368 e. The van der Waals surface area contributed by atoms with Gasteiger partial charge in [-0.2, -0.15) is 0 Å². The molecule has 1 fully saturated rings. The molecule has 36 heavy (non-hydrogen) atoms. The Bertz CT molecular complexity index is 1420. The zero-order chi connectivity index (χ0) is 25.1. The molecule has 0 atom stereocenters. The van der Waals surface area contributed by atoms with Gasteiger partial charge in [-0.3, -0.25) is 25.8 Å². The van der Waals surface area contributed by atoms with Gasteiger partial charge in [-0.15, -0.1) is 0 Å². The number of fused-ring (bicyclic) bond motifs is 1. The van der Waals surface area contributed by atoms with Gasteiger partial charge >= 0.3 is 5.69 Å². The van der Waals surface area contributed by atoms with E-state index in [9.17, 15) is 19.3 Å². The van der Waals surface area contributed by atoms with Crippen molar-refractivity contribution in [2.75, 3.05) is 41.4 Å². The Morgan fingerprint density at radius 2 is 1.61 bits per heavy atom. The highest BCUT2D eigenvalue weighted by molar-refractivity contribution is 6.07. The molecule has 2 N–H and O–H groups in total. The van der Waals surface area contributed by atoms with E-state index in [1.165, 1.54) is 18.5 Å². The van der Waals surface area contributed by atoms with Crippen molar-refractivity contribution in [2.24, 2.45) is 0 Å². The number of piperazine rings is 1. The summed E-state index contributed by atoms with van der Waals surface area (Å²) in [7, 11) is 0. The average molecular weight is 487 g/mol. The minimum atomic E-state index is -0.561. The van der Waals surface area contributed by atoms with Crippen LogP contribution in [-0.2, 0) is 0 Å². The van der Waals surface area contributed by atoms with Crippen molar-refractivity contribution in [3.05, 3.63) is 94.6 Å². The van der Waals surface area contributed by atoms with Crippen LogP contribution in [0, 0.1) is 15.9 Å². The highest BCUT2D eigenvalue weighted by Gasteiger charge is 2.29. The van der Waals surface area contributed by atoms with Crippen LogP contribution in [0.5, 0.6) is 0 Å². The zero-order valence-corrected chi connectivity index (χ0v) is 19.1. The number of carbonyl (C=O) groups excluding carboxylic acids is 1. The quantitative estimate of drug-likeness (QED) is 0.312. The van der Waals surface area contributed by atoms with Crippen LogP contribution in [0.2, 0.25) is 0 Å². The predicted molar refractivity (Wildman–Crippen MR) is 135 cm³/mol. The zero-order valence-electron chi connectivity index (χ0n) is 19.1. The number of halogens is 1. The minimum absolute atomic E-state index is 0.112. The fourth-order valence-electron chi connectivity index (χ4n) is 4.30. The van der Waals surface area contributed by atoms with E-state index < -0.39 is 10.8 Å². The lowest BCUT2D eigenvalue weighted by atomic mass is 10.0. The molecule has 0 saturated carbocycles. The number of carbonyl (C=O) groups is 1. The number of amides is 1. The number of rotatable bonds is 6. The number of benzene rings is 3. The molecular formula is C25H22FN7O3. The molecule has 1 aromatic heterocycles. The van der Waals surface area contributed by atoms with Crippen LogP contribution >= 0.6 is 0 Å². The first-order valence-corrected chi connectivity index (χ1v) is 11.3. The van der Waals surface area contributed by atoms with Crippen molar-refractivity contribution in [1.29, 1.82) is 0 Å². The second-order valence-electron chi connectivity index (χ2n) is 8.21. The van der Waals surface area contributed by atoms with Crippen LogP contribution in [0.25, 0.3) is 10.8 Å². The summed E-state index contributed by atoms with van der Waals surface area (Å²) in [5.41, 5.74) is 6.12. The Hall–Kier alpha value is -4.80. The van der Waals surface area contributed by atoms with E-state index in [1.807, 2.05) is 30.3 Å². The third-order valence-corrected chi connectivity index (χ3v) is 6.09. The molecule has 1 amide bonds. The van der Waals surface area contributed by atoms with Crippen molar-refractivity contribution in [3.8, 4) is 0 Å². The smallest absolute Gasteiger partial charge is 0.355 e. The minimum Gasteiger partial charge on any atom is -0.368 e. The first kappa shape index (κ1) is 23.0. The van der Waals surface area contributed by atoms with Gasteiger partial charge in [-0.1, -0.05) is 36.4 Å². The second kappa shape index (κ2) is 9.82. The number of hydrogen-bond donors (Lipinski definition) is 2. The van der Waals surface area contributed by atoms with Crippen molar-refractivity contribution >= 4 is 39.7 Å². The summed E-state index contributed by atoms with van der Waals surface area (Å²) < 4.78 is 13.2. The van der Waals surface area contributed by atoms with Crippen LogP contribution in [0.1, 0.15) is 10.4 Å². The average Bonchev–Trinajstić information content (AvgIpc) is 2.91. The molecule has 0 spiro atoms. The number of nitrogens with zero attached hydrogens (tertiary/aromatic N) is 5. The molecule has 1 saturated heterocycles. The highest BCUT2D eigenvalue weighted by atomic mass is 19.1. The molecule has 0 unspecified atom stereocenters. The first-order valence-electron chi connectivity index (χ1n) is 11.3. The molecule has 1 aliphatic heterocycles. The number of aromatic nitrogens is 2. The molecule has 0 bridgehead atoms. The third-order valence-electron chi connectivity index (χ3n) is 6.09. The molecule has 1 aliphatic rings. The fraction of sp³-hybridized carbons (Fsp3) is 0.160.